The van der Waals surface area contributed by atoms with E-state index in [9.17, 15) is 5.11 Å². The van der Waals surface area contributed by atoms with Crippen LogP contribution in [0, 0.1) is 0 Å². The van der Waals surface area contributed by atoms with E-state index in [1.165, 1.54) is 0 Å². The fourth-order valence-electron chi connectivity index (χ4n) is 2.07. The van der Waals surface area contributed by atoms with Gasteiger partial charge in [-0.1, -0.05) is 47.5 Å². The molecule has 2 nitrogen and oxygen atoms in total. The predicted octanol–water partition coefficient (Wildman–Crippen LogP) is 4.67. The van der Waals surface area contributed by atoms with Crippen molar-refractivity contribution < 1.29 is 9.84 Å². The zero-order chi connectivity index (χ0) is 14.5. The molecule has 2 rings (SSSR count). The van der Waals surface area contributed by atoms with Gasteiger partial charge in [-0.05, 0) is 30.7 Å². The lowest BCUT2D eigenvalue weighted by Crippen LogP contribution is -2.06. The maximum Gasteiger partial charge on any atom is 0.125 e. The third-order valence-corrected chi connectivity index (χ3v) is 3.75. The van der Waals surface area contributed by atoms with Crippen molar-refractivity contribution in [3.63, 3.8) is 0 Å². The Hall–Kier alpha value is -1.22. The number of hydrogen-bond acceptors (Lipinski definition) is 2. The van der Waals surface area contributed by atoms with Gasteiger partial charge in [-0.15, -0.1) is 0 Å². The van der Waals surface area contributed by atoms with Crippen LogP contribution >= 0.6 is 23.2 Å². The zero-order valence-corrected chi connectivity index (χ0v) is 12.7. The van der Waals surface area contributed by atoms with Crippen LogP contribution in [0.4, 0.5) is 0 Å². The molecule has 0 amide bonds. The maximum absolute atomic E-state index is 10.4. The van der Waals surface area contributed by atoms with Gasteiger partial charge in [0.25, 0.3) is 0 Å². The van der Waals surface area contributed by atoms with Crippen LogP contribution in [-0.2, 0) is 6.42 Å². The molecule has 0 aliphatic carbocycles. The Bertz CT molecular complexity index is 564. The van der Waals surface area contributed by atoms with Crippen molar-refractivity contribution >= 4 is 23.2 Å². The molecule has 0 aromatic heterocycles. The summed E-state index contributed by atoms with van der Waals surface area (Å²) < 4.78 is 5.53. The van der Waals surface area contributed by atoms with Gasteiger partial charge in [-0.2, -0.15) is 0 Å². The molecule has 0 radical (unpaired) electrons. The van der Waals surface area contributed by atoms with Crippen LogP contribution < -0.4 is 4.74 Å². The highest BCUT2D eigenvalue weighted by Gasteiger charge is 2.16. The quantitative estimate of drug-likeness (QED) is 0.869. The number of halogens is 2. The Kier molecular flexibility index (Phi) is 5.30. The second-order valence-electron chi connectivity index (χ2n) is 4.39. The van der Waals surface area contributed by atoms with Crippen molar-refractivity contribution in [1.29, 1.82) is 0 Å². The highest BCUT2D eigenvalue weighted by atomic mass is 35.5. The minimum Gasteiger partial charge on any atom is -0.493 e. The maximum atomic E-state index is 10.4. The highest BCUT2D eigenvalue weighted by Crippen LogP contribution is 2.32. The molecule has 0 aliphatic heterocycles. The molecule has 0 saturated heterocycles. The van der Waals surface area contributed by atoms with Crippen LogP contribution in [0.15, 0.2) is 42.5 Å². The first-order valence-electron chi connectivity index (χ1n) is 6.46. The van der Waals surface area contributed by atoms with E-state index >= 15 is 0 Å². The van der Waals surface area contributed by atoms with Gasteiger partial charge >= 0.3 is 0 Å². The molecule has 0 fully saturated rings. The number of ether oxygens (including phenoxy) is 1. The number of hydrogen-bond donors (Lipinski definition) is 1. The third kappa shape index (κ3) is 3.45. The summed E-state index contributed by atoms with van der Waals surface area (Å²) in [5.41, 5.74) is 1.49. The van der Waals surface area contributed by atoms with E-state index < -0.39 is 6.10 Å². The molecular weight excluding hydrogens is 295 g/mol. The van der Waals surface area contributed by atoms with Crippen molar-refractivity contribution in [2.45, 2.75) is 19.4 Å². The van der Waals surface area contributed by atoms with Crippen molar-refractivity contribution in [3.05, 3.63) is 63.6 Å². The van der Waals surface area contributed by atoms with Gasteiger partial charge in [0.15, 0.2) is 0 Å². The van der Waals surface area contributed by atoms with Crippen LogP contribution in [0.2, 0.25) is 10.0 Å². The minimum atomic E-state index is -0.713. The Morgan fingerprint density at radius 1 is 1.05 bits per heavy atom. The first-order chi connectivity index (χ1) is 9.63. The van der Waals surface area contributed by atoms with Crippen LogP contribution in [0.25, 0.3) is 0 Å². The normalized spacial score (nSPS) is 12.2. The summed E-state index contributed by atoms with van der Waals surface area (Å²) in [5.74, 6) is 0.686. The first kappa shape index (κ1) is 15.2. The molecule has 0 spiro atoms. The number of aliphatic hydroxyl groups excluding tert-OH is 1. The fourth-order valence-corrected chi connectivity index (χ4v) is 2.63. The molecule has 1 N–H and O–H groups in total. The molecule has 0 heterocycles. The van der Waals surface area contributed by atoms with Crippen molar-refractivity contribution in [3.8, 4) is 5.75 Å². The summed E-state index contributed by atoms with van der Waals surface area (Å²) in [5, 5.41) is 11.6. The molecule has 1 unspecified atom stereocenters. The van der Waals surface area contributed by atoms with Gasteiger partial charge < -0.3 is 9.84 Å². The van der Waals surface area contributed by atoms with Crippen LogP contribution in [0.1, 0.15) is 24.2 Å². The molecule has 2 aromatic carbocycles. The van der Waals surface area contributed by atoms with E-state index in [1.807, 2.05) is 31.2 Å². The van der Waals surface area contributed by atoms with Gasteiger partial charge in [0, 0.05) is 22.0 Å². The average molecular weight is 311 g/mol. The summed E-state index contributed by atoms with van der Waals surface area (Å²) in [6.07, 6.45) is -0.363. The Morgan fingerprint density at radius 2 is 1.70 bits per heavy atom. The largest absolute Gasteiger partial charge is 0.493 e. The Labute approximate surface area is 128 Å². The number of benzene rings is 2. The van der Waals surface area contributed by atoms with Gasteiger partial charge in [0.1, 0.15) is 5.75 Å². The topological polar surface area (TPSA) is 29.5 Å². The van der Waals surface area contributed by atoms with Crippen LogP contribution in [0.5, 0.6) is 5.75 Å². The van der Waals surface area contributed by atoms with Gasteiger partial charge in [0.05, 0.1) is 12.7 Å². The van der Waals surface area contributed by atoms with Crippen molar-refractivity contribution in [1.82, 2.24) is 0 Å². The zero-order valence-electron chi connectivity index (χ0n) is 11.1. The van der Waals surface area contributed by atoms with Crippen molar-refractivity contribution in [2.24, 2.45) is 0 Å². The Balaban J connectivity index is 2.26. The van der Waals surface area contributed by atoms with E-state index in [-0.39, 0.29) is 0 Å². The van der Waals surface area contributed by atoms with Crippen LogP contribution in [-0.4, -0.2) is 11.7 Å². The van der Waals surface area contributed by atoms with E-state index in [4.69, 9.17) is 27.9 Å². The standard InChI is InChI=1S/C16H16Cl2O2/c1-2-20-16-9-4-3-6-11(16)15(19)10-12-13(17)7-5-8-14(12)18/h3-9,15,19H,2,10H2,1H3. The SMILES string of the molecule is CCOc1ccccc1C(O)Cc1c(Cl)cccc1Cl. The molecule has 0 bridgehead atoms. The number of para-hydroxylation sites is 1. The molecule has 4 heteroatoms. The minimum absolute atomic E-state index is 0.350. The summed E-state index contributed by atoms with van der Waals surface area (Å²) >= 11 is 12.3. The van der Waals surface area contributed by atoms with E-state index in [1.54, 1.807) is 18.2 Å². The molecule has 0 saturated carbocycles. The van der Waals surface area contributed by atoms with E-state index in [0.717, 1.165) is 11.1 Å². The monoisotopic (exact) mass is 310 g/mol. The molecule has 106 valence electrons. The predicted molar refractivity (Wildman–Crippen MR) is 82.7 cm³/mol. The number of aliphatic hydroxyl groups is 1. The van der Waals surface area contributed by atoms with Gasteiger partial charge in [-0.3, -0.25) is 0 Å². The lowest BCUT2D eigenvalue weighted by molar-refractivity contribution is 0.172. The Morgan fingerprint density at radius 3 is 2.35 bits per heavy atom. The molecular formula is C16H16Cl2O2. The second kappa shape index (κ2) is 6.98. The van der Waals surface area contributed by atoms with Gasteiger partial charge in [0.2, 0.25) is 0 Å². The summed E-state index contributed by atoms with van der Waals surface area (Å²) in [6, 6.07) is 12.8. The molecule has 1 atom stereocenters. The summed E-state index contributed by atoms with van der Waals surface area (Å²) in [7, 11) is 0. The van der Waals surface area contributed by atoms with E-state index in [2.05, 4.69) is 0 Å². The average Bonchev–Trinajstić information content (AvgIpc) is 2.44. The third-order valence-electron chi connectivity index (χ3n) is 3.04. The fraction of sp³-hybridized carbons (Fsp3) is 0.250. The second-order valence-corrected chi connectivity index (χ2v) is 5.21. The lowest BCUT2D eigenvalue weighted by atomic mass is 10.0. The first-order valence-corrected chi connectivity index (χ1v) is 7.21. The van der Waals surface area contributed by atoms with Gasteiger partial charge in [-0.25, -0.2) is 0 Å². The number of rotatable bonds is 5. The highest BCUT2D eigenvalue weighted by molar-refractivity contribution is 6.36. The molecule has 20 heavy (non-hydrogen) atoms. The van der Waals surface area contributed by atoms with Crippen molar-refractivity contribution in [2.75, 3.05) is 6.61 Å². The summed E-state index contributed by atoms with van der Waals surface area (Å²) in [4.78, 5) is 0. The lowest BCUT2D eigenvalue weighted by Gasteiger charge is -2.17. The summed E-state index contributed by atoms with van der Waals surface area (Å²) in [6.45, 7) is 2.46. The van der Waals surface area contributed by atoms with E-state index in [0.29, 0.717) is 28.8 Å². The molecule has 0 aliphatic rings. The van der Waals surface area contributed by atoms with Crippen LogP contribution in [0.3, 0.4) is 0 Å². The molecule has 2 aromatic rings. The smallest absolute Gasteiger partial charge is 0.125 e.